The third kappa shape index (κ3) is 4.47. The van der Waals surface area contributed by atoms with Gasteiger partial charge in [-0.15, -0.1) is 0 Å². The Hall–Kier alpha value is -1.82. The Morgan fingerprint density at radius 2 is 2.08 bits per heavy atom. The van der Waals surface area contributed by atoms with E-state index in [0.29, 0.717) is 26.8 Å². The number of carbonyl (C=O) groups is 1. The summed E-state index contributed by atoms with van der Waals surface area (Å²) in [5.41, 5.74) is 2.15. The second-order valence-electron chi connectivity index (χ2n) is 5.97. The fourth-order valence-electron chi connectivity index (χ4n) is 2.42. The number of nitrogens with zero attached hydrogens (tertiary/aromatic N) is 1. The average molecular weight is 409 g/mol. The molecule has 0 aliphatic rings. The molecule has 0 radical (unpaired) electrons. The lowest BCUT2D eigenvalue weighted by molar-refractivity contribution is -0.118. The van der Waals surface area contributed by atoms with Gasteiger partial charge in [0.1, 0.15) is 5.75 Å². The number of rotatable bonds is 6. The molecule has 1 unspecified atom stereocenters. The second-order valence-corrected chi connectivity index (χ2v) is 7.84. The summed E-state index contributed by atoms with van der Waals surface area (Å²) in [6.45, 7) is 4.19. The molecule has 3 rings (SSSR count). The van der Waals surface area contributed by atoms with Gasteiger partial charge in [-0.25, -0.2) is 4.98 Å². The molecule has 26 heavy (non-hydrogen) atoms. The summed E-state index contributed by atoms with van der Waals surface area (Å²) in [6, 6.07) is 11.1. The Labute approximate surface area is 166 Å². The lowest BCUT2D eigenvalue weighted by Gasteiger charge is -2.07. The first-order valence-corrected chi connectivity index (χ1v) is 9.81. The van der Waals surface area contributed by atoms with Crippen molar-refractivity contribution >= 4 is 55.8 Å². The number of benzene rings is 2. The van der Waals surface area contributed by atoms with Gasteiger partial charge in [0.15, 0.2) is 11.7 Å². The van der Waals surface area contributed by atoms with Crippen molar-refractivity contribution in [3.05, 3.63) is 52.0 Å². The first-order chi connectivity index (χ1) is 12.5. The van der Waals surface area contributed by atoms with E-state index in [-0.39, 0.29) is 12.5 Å². The molecule has 1 aromatic heterocycles. The monoisotopic (exact) mass is 408 g/mol. The molecule has 0 aliphatic heterocycles. The van der Waals surface area contributed by atoms with Gasteiger partial charge in [-0.05, 0) is 42.2 Å². The minimum Gasteiger partial charge on any atom is -0.482 e. The molecule has 0 spiro atoms. The van der Waals surface area contributed by atoms with Crippen LogP contribution in [-0.2, 0) is 4.79 Å². The Bertz CT molecular complexity index is 942. The number of nitrogens with one attached hydrogen (secondary N) is 1. The van der Waals surface area contributed by atoms with Crippen LogP contribution in [0.5, 0.6) is 5.75 Å². The molecule has 1 atom stereocenters. The summed E-state index contributed by atoms with van der Waals surface area (Å²) in [6.07, 6.45) is 1.08. The standard InChI is InChI=1S/C19H18Cl2N2O2S/c1-3-11(2)12-4-7-15-17(8-12)26-19(22-15)23-18(24)10-25-16-9-13(20)5-6-14(16)21/h4-9,11H,3,10H2,1-2H3,(H,22,23,24). The van der Waals surface area contributed by atoms with Gasteiger partial charge < -0.3 is 4.74 Å². The fraction of sp³-hybridized carbons (Fsp3) is 0.263. The normalized spacial score (nSPS) is 12.2. The zero-order valence-corrected chi connectivity index (χ0v) is 16.7. The van der Waals surface area contributed by atoms with Crippen molar-refractivity contribution < 1.29 is 9.53 Å². The molecule has 0 aliphatic carbocycles. The van der Waals surface area contributed by atoms with Crippen molar-refractivity contribution in [3.63, 3.8) is 0 Å². The summed E-state index contributed by atoms with van der Waals surface area (Å²) in [7, 11) is 0. The second kappa shape index (κ2) is 8.25. The van der Waals surface area contributed by atoms with Gasteiger partial charge in [0.2, 0.25) is 0 Å². The van der Waals surface area contributed by atoms with Crippen molar-refractivity contribution in [3.8, 4) is 5.75 Å². The molecular weight excluding hydrogens is 391 g/mol. The number of hydrogen-bond donors (Lipinski definition) is 1. The lowest BCUT2D eigenvalue weighted by Crippen LogP contribution is -2.20. The van der Waals surface area contributed by atoms with Gasteiger partial charge in [-0.3, -0.25) is 10.1 Å². The lowest BCUT2D eigenvalue weighted by atomic mass is 9.99. The van der Waals surface area contributed by atoms with E-state index in [9.17, 15) is 4.79 Å². The van der Waals surface area contributed by atoms with Crippen LogP contribution in [-0.4, -0.2) is 17.5 Å². The molecule has 3 aromatic rings. The van der Waals surface area contributed by atoms with Crippen LogP contribution in [0.2, 0.25) is 10.0 Å². The predicted octanol–water partition coefficient (Wildman–Crippen LogP) is 6.13. The zero-order valence-electron chi connectivity index (χ0n) is 14.4. The fourth-order valence-corrected chi connectivity index (χ4v) is 3.69. The van der Waals surface area contributed by atoms with Crippen LogP contribution in [0.3, 0.4) is 0 Å². The number of fused-ring (bicyclic) bond motifs is 1. The molecule has 2 aromatic carbocycles. The van der Waals surface area contributed by atoms with Crippen LogP contribution in [0.1, 0.15) is 31.7 Å². The van der Waals surface area contributed by atoms with Gasteiger partial charge in [0, 0.05) is 11.1 Å². The number of amides is 1. The number of ether oxygens (including phenoxy) is 1. The summed E-state index contributed by atoms with van der Waals surface area (Å²) in [5.74, 6) is 0.564. The van der Waals surface area contributed by atoms with Crippen LogP contribution < -0.4 is 10.1 Å². The van der Waals surface area contributed by atoms with Crippen LogP contribution in [0, 0.1) is 0 Å². The van der Waals surface area contributed by atoms with Gasteiger partial charge >= 0.3 is 0 Å². The van der Waals surface area contributed by atoms with Crippen molar-refractivity contribution in [1.82, 2.24) is 4.98 Å². The van der Waals surface area contributed by atoms with Crippen molar-refractivity contribution in [2.45, 2.75) is 26.2 Å². The van der Waals surface area contributed by atoms with Gasteiger partial charge in [-0.1, -0.05) is 54.5 Å². The summed E-state index contributed by atoms with van der Waals surface area (Å²) in [4.78, 5) is 16.6. The quantitative estimate of drug-likeness (QED) is 0.533. The van der Waals surface area contributed by atoms with Crippen LogP contribution in [0.25, 0.3) is 10.2 Å². The number of thiazole rings is 1. The molecule has 1 amide bonds. The number of aromatic nitrogens is 1. The van der Waals surface area contributed by atoms with E-state index < -0.39 is 0 Å². The summed E-state index contributed by atoms with van der Waals surface area (Å²) < 4.78 is 6.49. The summed E-state index contributed by atoms with van der Waals surface area (Å²) in [5, 5.41) is 4.21. The maximum Gasteiger partial charge on any atom is 0.264 e. The molecule has 0 saturated heterocycles. The van der Waals surface area contributed by atoms with Crippen LogP contribution in [0.4, 0.5) is 5.13 Å². The Kier molecular flexibility index (Phi) is 6.01. The summed E-state index contributed by atoms with van der Waals surface area (Å²) >= 11 is 13.4. The molecular formula is C19H18Cl2N2O2S. The molecule has 136 valence electrons. The van der Waals surface area contributed by atoms with Crippen molar-refractivity contribution in [2.75, 3.05) is 11.9 Å². The minimum absolute atomic E-state index is 0.173. The number of anilines is 1. The number of halogens is 2. The molecule has 0 saturated carbocycles. The Morgan fingerprint density at radius 1 is 1.27 bits per heavy atom. The molecule has 1 N–H and O–H groups in total. The van der Waals surface area contributed by atoms with E-state index in [0.717, 1.165) is 16.6 Å². The highest BCUT2D eigenvalue weighted by molar-refractivity contribution is 7.22. The molecule has 1 heterocycles. The first-order valence-electron chi connectivity index (χ1n) is 8.24. The van der Waals surface area contributed by atoms with Gasteiger partial charge in [0.25, 0.3) is 5.91 Å². The molecule has 0 fully saturated rings. The van der Waals surface area contributed by atoms with E-state index in [2.05, 4.69) is 36.3 Å². The average Bonchev–Trinajstić information content (AvgIpc) is 3.02. The molecule has 0 bridgehead atoms. The van der Waals surface area contributed by atoms with E-state index in [4.69, 9.17) is 27.9 Å². The largest absolute Gasteiger partial charge is 0.482 e. The highest BCUT2D eigenvalue weighted by Crippen LogP contribution is 2.30. The van der Waals surface area contributed by atoms with Gasteiger partial charge in [-0.2, -0.15) is 0 Å². The Balaban J connectivity index is 1.66. The molecule has 4 nitrogen and oxygen atoms in total. The van der Waals surface area contributed by atoms with E-state index in [1.807, 2.05) is 6.07 Å². The van der Waals surface area contributed by atoms with Crippen LogP contribution in [0.15, 0.2) is 36.4 Å². The number of hydrogen-bond acceptors (Lipinski definition) is 4. The third-order valence-corrected chi connectivity index (χ3v) is 5.57. The van der Waals surface area contributed by atoms with E-state index >= 15 is 0 Å². The SMILES string of the molecule is CCC(C)c1ccc2nc(NC(=O)COc3cc(Cl)ccc3Cl)sc2c1. The number of carbonyl (C=O) groups excluding carboxylic acids is 1. The van der Waals surface area contributed by atoms with Crippen molar-refractivity contribution in [1.29, 1.82) is 0 Å². The minimum atomic E-state index is -0.303. The topological polar surface area (TPSA) is 51.2 Å². The van der Waals surface area contributed by atoms with E-state index in [1.54, 1.807) is 18.2 Å². The maximum absolute atomic E-state index is 12.1. The zero-order chi connectivity index (χ0) is 18.7. The van der Waals surface area contributed by atoms with Crippen molar-refractivity contribution in [2.24, 2.45) is 0 Å². The third-order valence-electron chi connectivity index (χ3n) is 4.09. The van der Waals surface area contributed by atoms with Crippen LogP contribution >= 0.6 is 34.5 Å². The Morgan fingerprint density at radius 3 is 2.85 bits per heavy atom. The predicted molar refractivity (Wildman–Crippen MR) is 109 cm³/mol. The maximum atomic E-state index is 12.1. The van der Waals surface area contributed by atoms with E-state index in [1.165, 1.54) is 16.9 Å². The highest BCUT2D eigenvalue weighted by atomic mass is 35.5. The molecule has 7 heteroatoms. The highest BCUT2D eigenvalue weighted by Gasteiger charge is 2.12. The van der Waals surface area contributed by atoms with Gasteiger partial charge in [0.05, 0.1) is 15.2 Å². The smallest absolute Gasteiger partial charge is 0.264 e. The first kappa shape index (κ1) is 19.0.